The summed E-state index contributed by atoms with van der Waals surface area (Å²) in [5.41, 5.74) is 0. The summed E-state index contributed by atoms with van der Waals surface area (Å²) in [6, 6.07) is 0. The minimum absolute atomic E-state index is 0.213. The highest BCUT2D eigenvalue weighted by Gasteiger charge is 2.21. The second kappa shape index (κ2) is 5.14. The van der Waals surface area contributed by atoms with Crippen molar-refractivity contribution >= 4 is 5.91 Å². The van der Waals surface area contributed by atoms with Gasteiger partial charge in [-0.2, -0.15) is 0 Å². The first-order chi connectivity index (χ1) is 5.84. The van der Waals surface area contributed by atoms with Gasteiger partial charge in [-0.1, -0.05) is 12.8 Å². The number of carbonyl (C=O) groups is 1. The predicted octanol–water partition coefficient (Wildman–Crippen LogP) is 0.939. The van der Waals surface area contributed by atoms with Gasteiger partial charge in [-0.15, -0.1) is 0 Å². The van der Waals surface area contributed by atoms with Gasteiger partial charge in [-0.3, -0.25) is 4.79 Å². The minimum Gasteiger partial charge on any atom is -0.383 e. The molecular weight excluding hydrogens is 154 g/mol. The molecule has 1 aliphatic rings. The molecule has 3 nitrogen and oxygen atoms in total. The van der Waals surface area contributed by atoms with Gasteiger partial charge in [0.05, 0.1) is 6.61 Å². The number of hydrogen-bond donors (Lipinski definition) is 1. The molecule has 0 saturated heterocycles. The van der Waals surface area contributed by atoms with Crippen LogP contribution in [-0.2, 0) is 9.53 Å². The SMILES string of the molecule is COCCNC(=O)C1CCCC1. The van der Waals surface area contributed by atoms with E-state index in [2.05, 4.69) is 5.32 Å². The lowest BCUT2D eigenvalue weighted by Gasteiger charge is -2.09. The summed E-state index contributed by atoms with van der Waals surface area (Å²) in [5.74, 6) is 0.492. The molecule has 1 saturated carbocycles. The zero-order chi connectivity index (χ0) is 8.81. The molecule has 0 heterocycles. The molecule has 1 aliphatic carbocycles. The fourth-order valence-corrected chi connectivity index (χ4v) is 1.61. The van der Waals surface area contributed by atoms with Crippen LogP contribution in [0.5, 0.6) is 0 Å². The summed E-state index contributed by atoms with van der Waals surface area (Å²) >= 11 is 0. The Bertz CT molecular complexity index is 141. The van der Waals surface area contributed by atoms with Crippen molar-refractivity contribution in [1.29, 1.82) is 0 Å². The molecule has 0 aliphatic heterocycles. The van der Waals surface area contributed by atoms with Gasteiger partial charge in [0.1, 0.15) is 0 Å². The molecule has 0 unspecified atom stereocenters. The number of carbonyl (C=O) groups excluding carboxylic acids is 1. The average molecular weight is 171 g/mol. The van der Waals surface area contributed by atoms with Crippen LogP contribution < -0.4 is 5.32 Å². The second-order valence-corrected chi connectivity index (χ2v) is 3.27. The van der Waals surface area contributed by atoms with Crippen LogP contribution in [0.1, 0.15) is 25.7 Å². The van der Waals surface area contributed by atoms with Gasteiger partial charge in [0.25, 0.3) is 0 Å². The zero-order valence-corrected chi connectivity index (χ0v) is 7.64. The van der Waals surface area contributed by atoms with Crippen molar-refractivity contribution in [3.05, 3.63) is 0 Å². The maximum Gasteiger partial charge on any atom is 0.223 e. The summed E-state index contributed by atoms with van der Waals surface area (Å²) in [6.45, 7) is 1.25. The topological polar surface area (TPSA) is 38.3 Å². The maximum atomic E-state index is 11.4. The van der Waals surface area contributed by atoms with E-state index in [1.54, 1.807) is 7.11 Å². The molecule has 0 aromatic rings. The van der Waals surface area contributed by atoms with Crippen LogP contribution in [0.15, 0.2) is 0 Å². The Morgan fingerprint density at radius 3 is 2.75 bits per heavy atom. The maximum absolute atomic E-state index is 11.4. The lowest BCUT2D eigenvalue weighted by Crippen LogP contribution is -2.31. The Kier molecular flexibility index (Phi) is 4.08. The molecule has 0 atom stereocenters. The van der Waals surface area contributed by atoms with E-state index in [-0.39, 0.29) is 11.8 Å². The molecule has 0 aromatic heterocycles. The number of ether oxygens (including phenoxy) is 1. The van der Waals surface area contributed by atoms with Crippen molar-refractivity contribution in [2.45, 2.75) is 25.7 Å². The molecule has 1 rings (SSSR count). The standard InChI is InChI=1S/C9H17NO2/c1-12-7-6-10-9(11)8-4-2-3-5-8/h8H,2-7H2,1H3,(H,10,11). The monoisotopic (exact) mass is 171 g/mol. The first kappa shape index (κ1) is 9.52. The van der Waals surface area contributed by atoms with Gasteiger partial charge in [0.2, 0.25) is 5.91 Å². The van der Waals surface area contributed by atoms with Crippen molar-refractivity contribution in [3.8, 4) is 0 Å². The van der Waals surface area contributed by atoms with Gasteiger partial charge in [-0.25, -0.2) is 0 Å². The summed E-state index contributed by atoms with van der Waals surface area (Å²) in [5, 5.41) is 2.86. The van der Waals surface area contributed by atoms with Crippen LogP contribution in [-0.4, -0.2) is 26.2 Å². The van der Waals surface area contributed by atoms with E-state index in [0.717, 1.165) is 12.8 Å². The van der Waals surface area contributed by atoms with Gasteiger partial charge >= 0.3 is 0 Å². The predicted molar refractivity (Wildman–Crippen MR) is 46.8 cm³/mol. The molecule has 12 heavy (non-hydrogen) atoms. The van der Waals surface area contributed by atoms with Crippen LogP contribution in [0.4, 0.5) is 0 Å². The normalized spacial score (nSPS) is 18.1. The van der Waals surface area contributed by atoms with Crippen molar-refractivity contribution < 1.29 is 9.53 Å². The summed E-state index contributed by atoms with van der Waals surface area (Å²) < 4.78 is 4.84. The smallest absolute Gasteiger partial charge is 0.223 e. The van der Waals surface area contributed by atoms with Crippen molar-refractivity contribution in [3.63, 3.8) is 0 Å². The molecule has 0 bridgehead atoms. The largest absolute Gasteiger partial charge is 0.383 e. The Balaban J connectivity index is 2.10. The van der Waals surface area contributed by atoms with Gasteiger partial charge in [0, 0.05) is 19.6 Å². The molecule has 1 N–H and O–H groups in total. The Hall–Kier alpha value is -0.570. The summed E-state index contributed by atoms with van der Waals surface area (Å²) in [4.78, 5) is 11.4. The molecule has 70 valence electrons. The minimum atomic E-state index is 0.213. The van der Waals surface area contributed by atoms with E-state index in [1.165, 1.54) is 12.8 Å². The van der Waals surface area contributed by atoms with Crippen molar-refractivity contribution in [1.82, 2.24) is 5.32 Å². The van der Waals surface area contributed by atoms with Crippen molar-refractivity contribution in [2.24, 2.45) is 5.92 Å². The van der Waals surface area contributed by atoms with Crippen LogP contribution in [0.2, 0.25) is 0 Å². The first-order valence-electron chi connectivity index (χ1n) is 4.61. The Morgan fingerprint density at radius 2 is 2.17 bits per heavy atom. The molecular formula is C9H17NO2. The third kappa shape index (κ3) is 2.81. The lowest BCUT2D eigenvalue weighted by atomic mass is 10.1. The second-order valence-electron chi connectivity index (χ2n) is 3.27. The number of rotatable bonds is 4. The molecule has 0 aromatic carbocycles. The van der Waals surface area contributed by atoms with Crippen LogP contribution in [0.25, 0.3) is 0 Å². The van der Waals surface area contributed by atoms with Gasteiger partial charge in [0.15, 0.2) is 0 Å². The summed E-state index contributed by atoms with van der Waals surface area (Å²) in [6.07, 6.45) is 4.56. The fourth-order valence-electron chi connectivity index (χ4n) is 1.61. The first-order valence-corrected chi connectivity index (χ1v) is 4.61. The highest BCUT2D eigenvalue weighted by molar-refractivity contribution is 5.78. The van der Waals surface area contributed by atoms with Gasteiger partial charge in [-0.05, 0) is 12.8 Å². The van der Waals surface area contributed by atoms with Crippen LogP contribution in [0, 0.1) is 5.92 Å². The van der Waals surface area contributed by atoms with Gasteiger partial charge < -0.3 is 10.1 Å². The van der Waals surface area contributed by atoms with Crippen LogP contribution in [0.3, 0.4) is 0 Å². The average Bonchev–Trinajstić information content (AvgIpc) is 2.56. The molecule has 1 fully saturated rings. The van der Waals surface area contributed by atoms with E-state index in [4.69, 9.17) is 4.74 Å². The third-order valence-corrected chi connectivity index (χ3v) is 2.33. The van der Waals surface area contributed by atoms with Crippen LogP contribution >= 0.6 is 0 Å². The Labute approximate surface area is 73.5 Å². The number of methoxy groups -OCH3 is 1. The molecule has 0 spiro atoms. The molecule has 3 heteroatoms. The lowest BCUT2D eigenvalue weighted by molar-refractivity contribution is -0.124. The number of amides is 1. The molecule has 0 radical (unpaired) electrons. The zero-order valence-electron chi connectivity index (χ0n) is 7.64. The van der Waals surface area contributed by atoms with Crippen molar-refractivity contribution in [2.75, 3.05) is 20.3 Å². The highest BCUT2D eigenvalue weighted by atomic mass is 16.5. The van der Waals surface area contributed by atoms with E-state index >= 15 is 0 Å². The van der Waals surface area contributed by atoms with E-state index in [0.29, 0.717) is 13.2 Å². The van der Waals surface area contributed by atoms with E-state index in [9.17, 15) is 4.79 Å². The number of nitrogens with one attached hydrogen (secondary N) is 1. The quantitative estimate of drug-likeness (QED) is 0.639. The fraction of sp³-hybridized carbons (Fsp3) is 0.889. The highest BCUT2D eigenvalue weighted by Crippen LogP contribution is 2.24. The Morgan fingerprint density at radius 1 is 1.50 bits per heavy atom. The third-order valence-electron chi connectivity index (χ3n) is 2.33. The van der Waals surface area contributed by atoms with E-state index < -0.39 is 0 Å². The summed E-state index contributed by atoms with van der Waals surface area (Å²) in [7, 11) is 1.64. The number of hydrogen-bond acceptors (Lipinski definition) is 2. The van der Waals surface area contributed by atoms with E-state index in [1.807, 2.05) is 0 Å². The molecule has 1 amide bonds.